The van der Waals surface area contributed by atoms with Gasteiger partial charge in [-0.05, 0) is 54.7 Å². The van der Waals surface area contributed by atoms with E-state index in [1.165, 1.54) is 46.7 Å². The second-order valence-corrected chi connectivity index (χ2v) is 9.87. The smallest absolute Gasteiger partial charge is 0.305 e. The lowest BCUT2D eigenvalue weighted by atomic mass is 9.75. The molecule has 2 bridgehead atoms. The predicted molar refractivity (Wildman–Crippen MR) is 102 cm³/mol. The Hall–Kier alpha value is -1.20. The number of benzene rings is 1. The minimum atomic E-state index is 0.106. The van der Waals surface area contributed by atoms with Crippen molar-refractivity contribution in [1.29, 1.82) is 0 Å². The molecule has 3 aliphatic rings. The first-order valence-corrected chi connectivity index (χ1v) is 10.5. The highest BCUT2D eigenvalue weighted by atomic mass is 32.2. The molecule has 1 N–H and O–H groups in total. The third kappa shape index (κ3) is 2.14. The second kappa shape index (κ2) is 5.40. The second-order valence-electron chi connectivity index (χ2n) is 7.66. The Morgan fingerprint density at radius 1 is 1.12 bits per heavy atom. The average molecular weight is 359 g/mol. The molecule has 0 spiro atoms. The molecule has 2 heterocycles. The minimum absolute atomic E-state index is 0.106. The molecule has 2 aromatic rings. The molecule has 3 nitrogen and oxygen atoms in total. The number of fused-ring (bicyclic) bond motifs is 6. The standard InChI is InChI=1S/C19H22N2OS2/c1-21(2)13-7-5-10(6-8-13)14-15-11-3-4-12(9-11)16(15)23-18-17(14)24-19(22)20-18/h5-8,11-12,14-16H,3-4,9H2,1-2H3,(H,20,22)/t11-,12+,14+,15+,16-/m0/s1. The van der Waals surface area contributed by atoms with Crippen LogP contribution in [0.5, 0.6) is 0 Å². The minimum Gasteiger partial charge on any atom is -0.378 e. The van der Waals surface area contributed by atoms with Crippen molar-refractivity contribution in [2.75, 3.05) is 19.0 Å². The Morgan fingerprint density at radius 2 is 1.88 bits per heavy atom. The molecule has 2 saturated carbocycles. The zero-order chi connectivity index (χ0) is 16.4. The number of thiazole rings is 1. The molecule has 24 heavy (non-hydrogen) atoms. The summed E-state index contributed by atoms with van der Waals surface area (Å²) in [4.78, 5) is 18.7. The van der Waals surface area contributed by atoms with Gasteiger partial charge < -0.3 is 9.88 Å². The van der Waals surface area contributed by atoms with E-state index in [2.05, 4.69) is 48.2 Å². The fourth-order valence-electron chi connectivity index (χ4n) is 5.20. The van der Waals surface area contributed by atoms with Gasteiger partial charge in [-0.15, -0.1) is 11.8 Å². The van der Waals surface area contributed by atoms with Crippen molar-refractivity contribution < 1.29 is 0 Å². The van der Waals surface area contributed by atoms with Gasteiger partial charge in [0.2, 0.25) is 0 Å². The number of aromatic nitrogens is 1. The molecule has 0 radical (unpaired) electrons. The third-order valence-electron chi connectivity index (χ3n) is 6.23. The van der Waals surface area contributed by atoms with Crippen molar-refractivity contribution in [3.63, 3.8) is 0 Å². The summed E-state index contributed by atoms with van der Waals surface area (Å²) in [6, 6.07) is 9.00. The number of aromatic amines is 1. The normalized spacial score (nSPS) is 33.3. The van der Waals surface area contributed by atoms with Crippen LogP contribution < -0.4 is 9.77 Å². The van der Waals surface area contributed by atoms with E-state index in [-0.39, 0.29) is 4.87 Å². The van der Waals surface area contributed by atoms with Crippen LogP contribution in [0.1, 0.15) is 35.6 Å². The fraction of sp³-hybridized carbons (Fsp3) is 0.526. The number of nitrogens with zero attached hydrogens (tertiary/aromatic N) is 1. The van der Waals surface area contributed by atoms with E-state index in [0.29, 0.717) is 17.1 Å². The van der Waals surface area contributed by atoms with Crippen molar-refractivity contribution in [2.45, 2.75) is 35.5 Å². The van der Waals surface area contributed by atoms with Crippen LogP contribution in [-0.4, -0.2) is 24.3 Å². The number of nitrogens with one attached hydrogen (secondary N) is 1. The quantitative estimate of drug-likeness (QED) is 0.876. The number of thioether (sulfide) groups is 1. The molecule has 1 aliphatic heterocycles. The Bertz CT molecular complexity index is 823. The van der Waals surface area contributed by atoms with Crippen LogP contribution in [0.15, 0.2) is 34.1 Å². The first-order valence-electron chi connectivity index (χ1n) is 8.79. The zero-order valence-corrected chi connectivity index (χ0v) is 15.6. The topological polar surface area (TPSA) is 36.1 Å². The van der Waals surface area contributed by atoms with E-state index in [4.69, 9.17) is 0 Å². The van der Waals surface area contributed by atoms with E-state index in [1.807, 2.05) is 11.8 Å². The van der Waals surface area contributed by atoms with Gasteiger partial charge in [-0.3, -0.25) is 4.79 Å². The van der Waals surface area contributed by atoms with Crippen molar-refractivity contribution >= 4 is 28.8 Å². The predicted octanol–water partition coefficient (Wildman–Crippen LogP) is 4.15. The first-order chi connectivity index (χ1) is 11.6. The lowest BCUT2D eigenvalue weighted by molar-refractivity contribution is 0.307. The van der Waals surface area contributed by atoms with Crippen molar-refractivity contribution in [3.05, 3.63) is 44.4 Å². The monoisotopic (exact) mass is 358 g/mol. The molecule has 0 saturated heterocycles. The highest BCUT2D eigenvalue weighted by molar-refractivity contribution is 8.00. The van der Waals surface area contributed by atoms with E-state index in [0.717, 1.165) is 16.9 Å². The maximum atomic E-state index is 12.0. The average Bonchev–Trinajstić information content (AvgIpc) is 3.26. The molecule has 5 heteroatoms. The van der Waals surface area contributed by atoms with Crippen molar-refractivity contribution in [3.8, 4) is 0 Å². The first kappa shape index (κ1) is 15.1. The lowest BCUT2D eigenvalue weighted by Gasteiger charge is -2.40. The molecule has 126 valence electrons. The van der Waals surface area contributed by atoms with Crippen LogP contribution in [0.25, 0.3) is 0 Å². The Balaban J connectivity index is 1.62. The van der Waals surface area contributed by atoms with Crippen molar-refractivity contribution in [1.82, 2.24) is 4.98 Å². The molecule has 1 aromatic heterocycles. The Kier molecular flexibility index (Phi) is 3.39. The van der Waals surface area contributed by atoms with Gasteiger partial charge in [0.25, 0.3) is 0 Å². The summed E-state index contributed by atoms with van der Waals surface area (Å²) in [5.74, 6) is 2.81. The van der Waals surface area contributed by atoms with Gasteiger partial charge in [-0.25, -0.2) is 0 Å². The maximum absolute atomic E-state index is 12.0. The molecule has 2 aliphatic carbocycles. The van der Waals surface area contributed by atoms with Crippen LogP contribution in [0.3, 0.4) is 0 Å². The number of H-pyrrole nitrogens is 1. The summed E-state index contributed by atoms with van der Waals surface area (Å²) >= 11 is 3.40. The highest BCUT2D eigenvalue weighted by Crippen LogP contribution is 2.63. The summed E-state index contributed by atoms with van der Waals surface area (Å²) in [5, 5.41) is 1.85. The van der Waals surface area contributed by atoms with E-state index >= 15 is 0 Å². The molecular weight excluding hydrogens is 336 g/mol. The van der Waals surface area contributed by atoms with Gasteiger partial charge in [0.1, 0.15) is 0 Å². The zero-order valence-electron chi connectivity index (χ0n) is 14.0. The van der Waals surface area contributed by atoms with E-state index in [1.54, 1.807) is 0 Å². The number of rotatable bonds is 2. The van der Waals surface area contributed by atoms with Gasteiger partial charge in [0.15, 0.2) is 0 Å². The third-order valence-corrected chi connectivity index (χ3v) is 8.86. The summed E-state index contributed by atoms with van der Waals surface area (Å²) in [5.41, 5.74) is 2.62. The van der Waals surface area contributed by atoms with E-state index < -0.39 is 0 Å². The molecule has 1 aromatic carbocycles. The fourth-order valence-corrected chi connectivity index (χ4v) is 8.10. The summed E-state index contributed by atoms with van der Waals surface area (Å²) in [6.07, 6.45) is 4.16. The van der Waals surface area contributed by atoms with Crippen LogP contribution in [0.4, 0.5) is 5.69 Å². The van der Waals surface area contributed by atoms with Gasteiger partial charge in [-0.1, -0.05) is 23.5 Å². The molecular formula is C19H22N2OS2. The molecule has 0 amide bonds. The summed E-state index contributed by atoms with van der Waals surface area (Å²) in [7, 11) is 4.16. The largest absolute Gasteiger partial charge is 0.378 e. The van der Waals surface area contributed by atoms with Crippen molar-refractivity contribution in [2.24, 2.45) is 17.8 Å². The molecule has 5 atom stereocenters. The summed E-state index contributed by atoms with van der Waals surface area (Å²) in [6.45, 7) is 0. The molecule has 2 fully saturated rings. The SMILES string of the molecule is CN(C)c1ccc([C@H]2c3sc(=O)[nH]c3S[C@H]3[C@@H]4CC[C@@H](C4)[C@H]23)cc1. The Labute approximate surface area is 150 Å². The molecule has 0 unspecified atom stereocenters. The van der Waals surface area contributed by atoms with Gasteiger partial charge in [0.05, 0.1) is 5.03 Å². The van der Waals surface area contributed by atoms with Crippen LogP contribution in [0, 0.1) is 17.8 Å². The highest BCUT2D eigenvalue weighted by Gasteiger charge is 2.54. The number of anilines is 1. The van der Waals surface area contributed by atoms with Crippen LogP contribution >= 0.6 is 23.1 Å². The Morgan fingerprint density at radius 3 is 2.62 bits per heavy atom. The van der Waals surface area contributed by atoms with E-state index in [9.17, 15) is 4.79 Å². The van der Waals surface area contributed by atoms with Gasteiger partial charge in [0, 0.05) is 35.8 Å². The number of hydrogen-bond donors (Lipinski definition) is 1. The van der Waals surface area contributed by atoms with Crippen LogP contribution in [0.2, 0.25) is 0 Å². The maximum Gasteiger partial charge on any atom is 0.305 e. The summed E-state index contributed by atoms with van der Waals surface area (Å²) < 4.78 is 0. The molecule has 5 rings (SSSR count). The van der Waals surface area contributed by atoms with Crippen LogP contribution in [-0.2, 0) is 0 Å². The van der Waals surface area contributed by atoms with Gasteiger partial charge >= 0.3 is 4.87 Å². The van der Waals surface area contributed by atoms with Gasteiger partial charge in [-0.2, -0.15) is 0 Å². The number of hydrogen-bond acceptors (Lipinski definition) is 4. The lowest BCUT2D eigenvalue weighted by Crippen LogP contribution is -2.33.